The van der Waals surface area contributed by atoms with Crippen LogP contribution in [0.25, 0.3) is 11.1 Å². The highest BCUT2D eigenvalue weighted by Crippen LogP contribution is 2.29. The molecule has 5 rings (SSSR count). The maximum Gasteiger partial charge on any atom is 0.138 e. The van der Waals surface area contributed by atoms with E-state index < -0.39 is 0 Å². The Labute approximate surface area is 180 Å². The number of likely N-dealkylation sites (tertiary alicyclic amines) is 1. The van der Waals surface area contributed by atoms with Crippen molar-refractivity contribution < 1.29 is 4.39 Å². The largest absolute Gasteiger partial charge is 0.346 e. The number of imidazole rings is 1. The van der Waals surface area contributed by atoms with Crippen LogP contribution in [0.2, 0.25) is 0 Å². The molecule has 1 aliphatic carbocycles. The lowest BCUT2D eigenvalue weighted by Crippen LogP contribution is -2.38. The van der Waals surface area contributed by atoms with Gasteiger partial charge in [0.1, 0.15) is 11.6 Å². The van der Waals surface area contributed by atoms with Crippen LogP contribution in [0.3, 0.4) is 0 Å². The van der Waals surface area contributed by atoms with Gasteiger partial charge >= 0.3 is 0 Å². The molecule has 3 aliphatic rings. The van der Waals surface area contributed by atoms with E-state index in [0.29, 0.717) is 12.3 Å². The van der Waals surface area contributed by atoms with E-state index in [0.717, 1.165) is 53.7 Å². The molecule has 0 atom stereocenters. The van der Waals surface area contributed by atoms with E-state index in [4.69, 9.17) is 16.6 Å². The molecule has 30 heavy (non-hydrogen) atoms. The molecular weight excluding hydrogens is 401 g/mol. The Morgan fingerprint density at radius 1 is 1.27 bits per heavy atom. The molecule has 2 aromatic rings. The van der Waals surface area contributed by atoms with Crippen molar-refractivity contribution in [3.63, 3.8) is 0 Å². The summed E-state index contributed by atoms with van der Waals surface area (Å²) in [4.78, 5) is 14.9. The topological polar surface area (TPSA) is 49.2 Å². The van der Waals surface area contributed by atoms with E-state index in [-0.39, 0.29) is 10.9 Å². The van der Waals surface area contributed by atoms with Gasteiger partial charge in [-0.2, -0.15) is 0 Å². The second-order valence-corrected chi connectivity index (χ2v) is 8.82. The molecule has 1 N–H and O–H groups in total. The van der Waals surface area contributed by atoms with E-state index in [2.05, 4.69) is 32.6 Å². The fourth-order valence-corrected chi connectivity index (χ4v) is 4.81. The monoisotopic (exact) mass is 425 g/mol. The number of hydrogen-bond donors (Lipinski definition) is 1. The van der Waals surface area contributed by atoms with Crippen LogP contribution in [0.5, 0.6) is 0 Å². The summed E-state index contributed by atoms with van der Waals surface area (Å²) in [5.41, 5.74) is 3.26. The molecule has 0 unspecified atom stereocenters. The highest BCUT2D eigenvalue weighted by molar-refractivity contribution is 6.30. The molecule has 4 heterocycles. The number of aromatic amines is 1. The average molecular weight is 426 g/mol. The Kier molecular flexibility index (Phi) is 5.21. The fraction of sp³-hybridized carbons (Fsp3) is 0.391. The summed E-state index contributed by atoms with van der Waals surface area (Å²) in [7, 11) is 2.18. The van der Waals surface area contributed by atoms with E-state index in [1.807, 2.05) is 24.8 Å². The third-order valence-corrected chi connectivity index (χ3v) is 6.64. The molecular formula is C23H25ClFN5. The van der Waals surface area contributed by atoms with Gasteiger partial charge < -0.3 is 14.5 Å². The third-order valence-electron chi connectivity index (χ3n) is 6.32. The van der Waals surface area contributed by atoms with Gasteiger partial charge in [0.15, 0.2) is 0 Å². The van der Waals surface area contributed by atoms with Gasteiger partial charge in [0.25, 0.3) is 0 Å². The Balaban J connectivity index is 1.67. The van der Waals surface area contributed by atoms with Crippen molar-refractivity contribution in [1.82, 2.24) is 19.4 Å². The van der Waals surface area contributed by atoms with Gasteiger partial charge in [0.2, 0.25) is 0 Å². The first-order valence-corrected chi connectivity index (χ1v) is 10.9. The fourth-order valence-electron chi connectivity index (χ4n) is 4.61. The number of halogens is 2. The maximum absolute atomic E-state index is 13.8. The molecule has 1 saturated heterocycles. The number of rotatable bonds is 2. The van der Waals surface area contributed by atoms with Crippen LogP contribution < -0.4 is 10.7 Å². The predicted octanol–water partition coefficient (Wildman–Crippen LogP) is 3.39. The van der Waals surface area contributed by atoms with Crippen molar-refractivity contribution in [2.45, 2.75) is 32.2 Å². The maximum atomic E-state index is 13.8. The van der Waals surface area contributed by atoms with E-state index >= 15 is 0 Å². The van der Waals surface area contributed by atoms with Gasteiger partial charge in [0, 0.05) is 37.4 Å². The van der Waals surface area contributed by atoms with Gasteiger partial charge in [-0.1, -0.05) is 17.7 Å². The minimum absolute atomic E-state index is 0.237. The highest BCUT2D eigenvalue weighted by Gasteiger charge is 2.21. The van der Waals surface area contributed by atoms with E-state index in [1.165, 1.54) is 24.5 Å². The smallest absolute Gasteiger partial charge is 0.138 e. The van der Waals surface area contributed by atoms with Crippen LogP contribution in [0, 0.1) is 5.92 Å². The quantitative estimate of drug-likeness (QED) is 0.801. The van der Waals surface area contributed by atoms with E-state index in [1.54, 1.807) is 0 Å². The minimum atomic E-state index is -0.363. The molecule has 0 amide bonds. The number of piperidine rings is 1. The number of nitrogens with zero attached hydrogens (tertiary/aromatic N) is 4. The third kappa shape index (κ3) is 3.59. The number of hydrogen-bond acceptors (Lipinski definition) is 3. The summed E-state index contributed by atoms with van der Waals surface area (Å²) in [6.45, 7) is 3.20. The first-order valence-electron chi connectivity index (χ1n) is 10.5. The van der Waals surface area contributed by atoms with Gasteiger partial charge in [-0.3, -0.25) is 0 Å². The Bertz CT molecular complexity index is 1170. The number of H-pyrrole nitrogens is 1. The molecule has 0 aromatic carbocycles. The molecule has 156 valence electrons. The number of allylic oxidation sites excluding steroid dienone is 4. The second-order valence-electron chi connectivity index (χ2n) is 8.36. The summed E-state index contributed by atoms with van der Waals surface area (Å²) in [6.07, 6.45) is 12.5. The summed E-state index contributed by atoms with van der Waals surface area (Å²) < 4.78 is 16.1. The molecule has 2 aromatic heterocycles. The normalized spacial score (nSPS) is 24.0. The molecule has 0 spiro atoms. The minimum Gasteiger partial charge on any atom is -0.346 e. The average Bonchev–Trinajstić information content (AvgIpc) is 3.39. The van der Waals surface area contributed by atoms with Crippen LogP contribution in [0.15, 0.2) is 46.6 Å². The lowest BCUT2D eigenvalue weighted by molar-refractivity contribution is 0.204. The van der Waals surface area contributed by atoms with Gasteiger partial charge in [-0.05, 0) is 62.2 Å². The van der Waals surface area contributed by atoms with Crippen LogP contribution in [-0.4, -0.2) is 45.8 Å². The summed E-state index contributed by atoms with van der Waals surface area (Å²) >= 11 is 6.15. The van der Waals surface area contributed by atoms with E-state index in [9.17, 15) is 4.39 Å². The zero-order valence-corrected chi connectivity index (χ0v) is 17.8. The van der Waals surface area contributed by atoms with Crippen LogP contribution in [0.4, 0.5) is 10.2 Å². The molecule has 1 fully saturated rings. The highest BCUT2D eigenvalue weighted by atomic mass is 35.5. The van der Waals surface area contributed by atoms with Gasteiger partial charge in [0.05, 0.1) is 22.1 Å². The number of fused-ring (bicyclic) bond motifs is 1. The Morgan fingerprint density at radius 2 is 2.10 bits per heavy atom. The molecule has 7 heteroatoms. The molecule has 0 bridgehead atoms. The number of aliphatic imine (C=N–C) groups is 1. The number of nitrogens with one attached hydrogen (secondary N) is 1. The summed E-state index contributed by atoms with van der Waals surface area (Å²) in [6, 6.07) is 2.08. The lowest BCUT2D eigenvalue weighted by Gasteiger charge is -2.29. The molecule has 0 radical (unpaired) electrons. The van der Waals surface area contributed by atoms with Crippen LogP contribution in [-0.2, 0) is 6.54 Å². The van der Waals surface area contributed by atoms with Crippen molar-refractivity contribution in [1.29, 1.82) is 0 Å². The number of aromatic nitrogens is 3. The standard InChI is InChI=1S/C23H25ClFN5/c1-29-10-6-15(7-11-29)13-30-14-28-21(16-2-3-20(25)19(24)12-16)22(30)17-4-8-26-23-18(17)5-9-27-23/h2-3,5,8-9,14-15,27H,4,6-7,10-13H2,1H3. The molecule has 5 nitrogen and oxygen atoms in total. The summed E-state index contributed by atoms with van der Waals surface area (Å²) in [5.74, 6) is 1.14. The Morgan fingerprint density at radius 3 is 2.90 bits per heavy atom. The first kappa shape index (κ1) is 19.5. The predicted molar refractivity (Wildman–Crippen MR) is 119 cm³/mol. The van der Waals surface area contributed by atoms with Crippen molar-refractivity contribution in [2.75, 3.05) is 20.1 Å². The van der Waals surface area contributed by atoms with Crippen molar-refractivity contribution >= 4 is 34.8 Å². The van der Waals surface area contributed by atoms with Crippen molar-refractivity contribution in [3.05, 3.63) is 57.9 Å². The zero-order valence-electron chi connectivity index (χ0n) is 17.0. The van der Waals surface area contributed by atoms with Gasteiger partial charge in [-0.25, -0.2) is 14.4 Å². The molecule has 2 aliphatic heterocycles. The van der Waals surface area contributed by atoms with Crippen molar-refractivity contribution in [3.8, 4) is 0 Å². The van der Waals surface area contributed by atoms with Crippen LogP contribution in [0.1, 0.15) is 31.2 Å². The second kappa shape index (κ2) is 8.00. The first-order chi connectivity index (χ1) is 14.6. The summed E-state index contributed by atoms with van der Waals surface area (Å²) in [5, 5.41) is 2.23. The lowest BCUT2D eigenvalue weighted by atomic mass is 9.96. The van der Waals surface area contributed by atoms with Crippen molar-refractivity contribution in [2.24, 2.45) is 10.9 Å². The van der Waals surface area contributed by atoms with Gasteiger partial charge in [-0.15, -0.1) is 0 Å². The SMILES string of the molecule is CN1CCC(Cn2cnc(=C3C=CC(F)=C(Cl)C3)c2=C2CC=Nc3[nH]ccc32)CC1. The van der Waals surface area contributed by atoms with Crippen LogP contribution >= 0.6 is 11.6 Å². The Hall–Kier alpha value is -2.44. The molecule has 0 saturated carbocycles. The zero-order chi connectivity index (χ0) is 20.7.